The fourth-order valence-corrected chi connectivity index (χ4v) is 2.75. The minimum absolute atomic E-state index is 0.0215. The van der Waals surface area contributed by atoms with Crippen molar-refractivity contribution in [3.8, 4) is 0 Å². The molecule has 34 heavy (non-hydrogen) atoms. The van der Waals surface area contributed by atoms with Gasteiger partial charge in [-0.2, -0.15) is 18.2 Å². The SMILES string of the molecule is C=C(CCN(C)C)Nc1cccc(Nc2ncc(C(F)(F)F)c(NCCCN[N+](N)(O)O)n2)c1. The molecule has 0 aliphatic rings. The van der Waals surface area contributed by atoms with Gasteiger partial charge in [0.1, 0.15) is 11.4 Å². The minimum atomic E-state index is -4.66. The Balaban J connectivity index is 2.08. The number of aromatic nitrogens is 2. The van der Waals surface area contributed by atoms with E-state index in [9.17, 15) is 13.2 Å². The fourth-order valence-electron chi connectivity index (χ4n) is 2.75. The quantitative estimate of drug-likeness (QED) is 0.0977. The maximum atomic E-state index is 13.4. The van der Waals surface area contributed by atoms with Gasteiger partial charge in [0, 0.05) is 36.4 Å². The van der Waals surface area contributed by atoms with Gasteiger partial charge in [0.05, 0.1) is 11.6 Å². The van der Waals surface area contributed by atoms with E-state index >= 15 is 0 Å². The number of nitrogens with zero attached hydrogens (tertiary/aromatic N) is 4. The monoisotopic (exact) mass is 486 g/mol. The second kappa shape index (κ2) is 11.9. The van der Waals surface area contributed by atoms with Crippen LogP contribution in [-0.4, -0.2) is 64.0 Å². The number of hydrogen-bond acceptors (Lipinski definition) is 10. The predicted octanol–water partition coefficient (Wildman–Crippen LogP) is 2.89. The molecule has 0 radical (unpaired) electrons. The second-order valence-electron chi connectivity index (χ2n) is 7.78. The molecule has 0 spiro atoms. The standard InChI is InChI=1S/C20H31F3N9O2/c1-14(8-11-31(2)3)28-15-6-4-7-16(12-15)29-19-26-13-17(20(21,22)23)18(30-19)25-9-5-10-27-32(24,33)34/h4,6-7,12-13,27-28,33-34H,1,5,8-11,24H2,2-3H3,(H2,25,26,29,30)/q+1. The molecule has 0 saturated carbocycles. The van der Waals surface area contributed by atoms with Gasteiger partial charge in [-0.05, 0) is 45.1 Å². The molecule has 14 heteroatoms. The summed E-state index contributed by atoms with van der Waals surface area (Å²) in [6, 6.07) is 7.11. The Morgan fingerprint density at radius 2 is 1.91 bits per heavy atom. The van der Waals surface area contributed by atoms with E-state index in [-0.39, 0.29) is 25.5 Å². The lowest BCUT2D eigenvalue weighted by Crippen LogP contribution is -2.58. The highest BCUT2D eigenvalue weighted by molar-refractivity contribution is 5.63. The zero-order valence-corrected chi connectivity index (χ0v) is 19.0. The van der Waals surface area contributed by atoms with E-state index in [2.05, 4.69) is 37.9 Å². The molecule has 0 atom stereocenters. The van der Waals surface area contributed by atoms with Crippen LogP contribution in [0.5, 0.6) is 0 Å². The number of alkyl halides is 3. The summed E-state index contributed by atoms with van der Waals surface area (Å²) in [6.07, 6.45) is -2.98. The average Bonchev–Trinajstić information content (AvgIpc) is 2.71. The lowest BCUT2D eigenvalue weighted by atomic mass is 10.2. The van der Waals surface area contributed by atoms with Crippen molar-refractivity contribution in [2.24, 2.45) is 5.84 Å². The summed E-state index contributed by atoms with van der Waals surface area (Å²) in [5, 5.41) is 24.6. The molecular formula is C20H31F3N9O2+. The molecule has 0 amide bonds. The molecular weight excluding hydrogens is 455 g/mol. The number of benzene rings is 1. The van der Waals surface area contributed by atoms with Gasteiger partial charge in [-0.25, -0.2) is 4.98 Å². The van der Waals surface area contributed by atoms with Gasteiger partial charge in [0.15, 0.2) is 0 Å². The van der Waals surface area contributed by atoms with E-state index in [1.54, 1.807) is 18.2 Å². The van der Waals surface area contributed by atoms with E-state index in [4.69, 9.17) is 16.3 Å². The molecule has 11 nitrogen and oxygen atoms in total. The Bertz CT molecular complexity index is 950. The van der Waals surface area contributed by atoms with E-state index < -0.39 is 22.6 Å². The van der Waals surface area contributed by atoms with Gasteiger partial charge < -0.3 is 20.9 Å². The number of nitrogens with two attached hydrogens (primary N) is 1. The van der Waals surface area contributed by atoms with Crippen LogP contribution in [0.3, 0.4) is 0 Å². The Morgan fingerprint density at radius 1 is 1.21 bits per heavy atom. The van der Waals surface area contributed by atoms with Crippen LogP contribution in [0.1, 0.15) is 18.4 Å². The van der Waals surface area contributed by atoms with Crippen LogP contribution in [0.4, 0.5) is 36.3 Å². The average molecular weight is 487 g/mol. The second-order valence-corrected chi connectivity index (χ2v) is 7.78. The van der Waals surface area contributed by atoms with Gasteiger partial charge in [-0.3, -0.25) is 0 Å². The maximum absolute atomic E-state index is 13.4. The van der Waals surface area contributed by atoms with Crippen LogP contribution in [0, 0.1) is 0 Å². The molecule has 0 fully saturated rings. The number of nitrogens with one attached hydrogen (secondary N) is 4. The number of quaternary nitrogens is 1. The third kappa shape index (κ3) is 9.86. The van der Waals surface area contributed by atoms with E-state index in [1.165, 1.54) is 0 Å². The molecule has 1 aromatic carbocycles. The summed E-state index contributed by atoms with van der Waals surface area (Å²) in [5.74, 6) is 4.46. The number of hydrogen-bond donors (Lipinski definition) is 7. The smallest absolute Gasteiger partial charge is 0.369 e. The van der Waals surface area contributed by atoms with Crippen LogP contribution in [-0.2, 0) is 6.18 Å². The summed E-state index contributed by atoms with van der Waals surface area (Å²) >= 11 is 0. The molecule has 0 unspecified atom stereocenters. The first-order valence-corrected chi connectivity index (χ1v) is 10.4. The fraction of sp³-hybridized carbons (Fsp3) is 0.400. The van der Waals surface area contributed by atoms with Crippen molar-refractivity contribution in [2.45, 2.75) is 19.0 Å². The third-order valence-corrected chi connectivity index (χ3v) is 4.39. The van der Waals surface area contributed by atoms with Crippen molar-refractivity contribution in [1.29, 1.82) is 0 Å². The molecule has 1 aromatic heterocycles. The van der Waals surface area contributed by atoms with Crippen molar-refractivity contribution in [2.75, 3.05) is 49.7 Å². The van der Waals surface area contributed by atoms with Crippen LogP contribution in [0.25, 0.3) is 0 Å². The maximum Gasteiger partial charge on any atom is 0.421 e. The number of rotatable bonds is 13. The zero-order valence-electron chi connectivity index (χ0n) is 19.0. The first kappa shape index (κ1) is 27.2. The van der Waals surface area contributed by atoms with E-state index in [0.29, 0.717) is 11.9 Å². The Hall–Kier alpha value is -3.01. The third-order valence-electron chi connectivity index (χ3n) is 4.39. The van der Waals surface area contributed by atoms with E-state index in [1.807, 2.05) is 25.1 Å². The first-order chi connectivity index (χ1) is 15.8. The van der Waals surface area contributed by atoms with Crippen molar-refractivity contribution < 1.29 is 28.6 Å². The normalized spacial score (nSPS) is 12.0. The largest absolute Gasteiger partial charge is 0.421 e. The van der Waals surface area contributed by atoms with Crippen molar-refractivity contribution in [3.63, 3.8) is 0 Å². The molecule has 0 aliphatic heterocycles. The van der Waals surface area contributed by atoms with Crippen molar-refractivity contribution in [1.82, 2.24) is 20.3 Å². The highest BCUT2D eigenvalue weighted by atomic mass is 19.4. The lowest BCUT2D eigenvalue weighted by molar-refractivity contribution is -1.28. The van der Waals surface area contributed by atoms with Crippen molar-refractivity contribution >= 4 is 23.1 Å². The lowest BCUT2D eigenvalue weighted by Gasteiger charge is -2.16. The minimum Gasteiger partial charge on any atom is -0.369 e. The zero-order chi connectivity index (χ0) is 25.4. The molecule has 188 valence electrons. The van der Waals surface area contributed by atoms with Crippen LogP contribution in [0.15, 0.2) is 42.7 Å². The van der Waals surface area contributed by atoms with Gasteiger partial charge in [0.2, 0.25) is 5.95 Å². The van der Waals surface area contributed by atoms with Gasteiger partial charge in [-0.1, -0.05) is 23.9 Å². The summed E-state index contributed by atoms with van der Waals surface area (Å²) in [4.78, 5) is 9.81. The first-order valence-electron chi connectivity index (χ1n) is 10.4. The van der Waals surface area contributed by atoms with E-state index in [0.717, 1.165) is 24.4 Å². The van der Waals surface area contributed by atoms with Gasteiger partial charge in [-0.15, -0.1) is 10.4 Å². The van der Waals surface area contributed by atoms with Gasteiger partial charge >= 0.3 is 6.18 Å². The number of anilines is 4. The van der Waals surface area contributed by atoms with Gasteiger partial charge in [0.25, 0.3) is 0 Å². The van der Waals surface area contributed by atoms with Crippen LogP contribution >= 0.6 is 0 Å². The predicted molar refractivity (Wildman–Crippen MR) is 122 cm³/mol. The highest BCUT2D eigenvalue weighted by Gasteiger charge is 2.35. The summed E-state index contributed by atoms with van der Waals surface area (Å²) < 4.78 is 40.1. The molecule has 2 rings (SSSR count). The summed E-state index contributed by atoms with van der Waals surface area (Å²) in [5.41, 5.74) is 3.27. The Labute approximate surface area is 195 Å². The Morgan fingerprint density at radius 3 is 2.56 bits per heavy atom. The Kier molecular flexibility index (Phi) is 9.55. The molecule has 0 aliphatic carbocycles. The van der Waals surface area contributed by atoms with Crippen molar-refractivity contribution in [3.05, 3.63) is 48.3 Å². The summed E-state index contributed by atoms with van der Waals surface area (Å²) in [6.45, 7) is 4.91. The van der Waals surface area contributed by atoms with Crippen LogP contribution in [0.2, 0.25) is 0 Å². The van der Waals surface area contributed by atoms with Crippen LogP contribution < -0.4 is 27.2 Å². The summed E-state index contributed by atoms with van der Waals surface area (Å²) in [7, 11) is 3.94. The number of halogens is 3. The molecule has 2 aromatic rings. The molecule has 0 saturated heterocycles. The molecule has 0 bridgehead atoms. The molecule has 1 heterocycles. The molecule has 8 N–H and O–H groups in total. The highest BCUT2D eigenvalue weighted by Crippen LogP contribution is 2.34. The topological polar surface area (TPSA) is 144 Å².